The molecule has 1 aromatic rings. The van der Waals surface area contributed by atoms with E-state index in [4.69, 9.17) is 27.9 Å². The molecule has 0 atom stereocenters. The van der Waals surface area contributed by atoms with Crippen LogP contribution in [0.3, 0.4) is 0 Å². The number of halogens is 1. The summed E-state index contributed by atoms with van der Waals surface area (Å²) in [5, 5.41) is 18.3. The Balaban J connectivity index is 2.24. The number of nitrogen functional groups attached to an aromatic ring is 1. The summed E-state index contributed by atoms with van der Waals surface area (Å²) >= 11 is 7.59. The fourth-order valence-electron chi connectivity index (χ4n) is 1.27. The van der Waals surface area contributed by atoms with Crippen LogP contribution in [-0.4, -0.2) is 15.6 Å². The zero-order valence-corrected chi connectivity index (χ0v) is 10.5. The van der Waals surface area contributed by atoms with E-state index < -0.39 is 0 Å². The molecule has 86 valence electrons. The Labute approximate surface area is 108 Å². The Hall–Kier alpha value is -1.43. The number of aromatic nitrogens is 1. The Morgan fingerprint density at radius 2 is 2.06 bits per heavy atom. The monoisotopic (exact) mass is 264 g/mol. The summed E-state index contributed by atoms with van der Waals surface area (Å²) in [5.74, 6) is 0.870. The van der Waals surface area contributed by atoms with Crippen LogP contribution in [0.15, 0.2) is 11.1 Å². The van der Waals surface area contributed by atoms with Crippen molar-refractivity contribution in [3.63, 3.8) is 0 Å². The lowest BCUT2D eigenvalue weighted by molar-refractivity contribution is 1.04. The van der Waals surface area contributed by atoms with Gasteiger partial charge in [-0.1, -0.05) is 0 Å². The van der Waals surface area contributed by atoms with Gasteiger partial charge < -0.3 is 5.73 Å². The first-order valence-electron chi connectivity index (χ1n) is 5.00. The number of hydrogen-bond donors (Lipinski definition) is 1. The van der Waals surface area contributed by atoms with Crippen LogP contribution in [0.2, 0.25) is 0 Å². The van der Waals surface area contributed by atoms with E-state index in [1.165, 1.54) is 17.8 Å². The normalized spacial score (nSPS) is 15.9. The third-order valence-electron chi connectivity index (χ3n) is 2.52. The SMILES string of the molecule is N#Cc1cc(C#N)c(SCC2(Cl)CC2)nc1N. The highest BCUT2D eigenvalue weighted by Gasteiger charge is 2.40. The van der Waals surface area contributed by atoms with Crippen molar-refractivity contribution in [2.45, 2.75) is 22.7 Å². The molecule has 0 unspecified atom stereocenters. The van der Waals surface area contributed by atoms with E-state index in [0.29, 0.717) is 16.3 Å². The van der Waals surface area contributed by atoms with E-state index in [9.17, 15) is 0 Å². The maximum atomic E-state index is 8.99. The number of nitrogens with zero attached hydrogens (tertiary/aromatic N) is 3. The molecule has 17 heavy (non-hydrogen) atoms. The molecule has 1 aliphatic rings. The van der Waals surface area contributed by atoms with Crippen molar-refractivity contribution in [2.24, 2.45) is 0 Å². The van der Waals surface area contributed by atoms with Gasteiger partial charge in [-0.3, -0.25) is 0 Å². The van der Waals surface area contributed by atoms with Gasteiger partial charge in [0.05, 0.1) is 16.0 Å². The van der Waals surface area contributed by atoms with E-state index in [1.54, 1.807) is 0 Å². The number of rotatable bonds is 3. The highest BCUT2D eigenvalue weighted by molar-refractivity contribution is 7.99. The third kappa shape index (κ3) is 2.63. The average molecular weight is 265 g/mol. The summed E-state index contributed by atoms with van der Waals surface area (Å²) < 4.78 is 0. The van der Waals surface area contributed by atoms with Gasteiger partial charge in [-0.15, -0.1) is 23.4 Å². The smallest absolute Gasteiger partial charge is 0.142 e. The Morgan fingerprint density at radius 1 is 1.41 bits per heavy atom. The zero-order chi connectivity index (χ0) is 12.5. The van der Waals surface area contributed by atoms with Gasteiger partial charge >= 0.3 is 0 Å². The second-order valence-electron chi connectivity index (χ2n) is 3.94. The van der Waals surface area contributed by atoms with Gasteiger partial charge in [-0.25, -0.2) is 4.98 Å². The summed E-state index contributed by atoms with van der Waals surface area (Å²) in [5.41, 5.74) is 6.23. The van der Waals surface area contributed by atoms with Crippen LogP contribution in [-0.2, 0) is 0 Å². The highest BCUT2D eigenvalue weighted by Crippen LogP contribution is 2.46. The molecule has 1 saturated carbocycles. The van der Waals surface area contributed by atoms with Crippen LogP contribution in [0.25, 0.3) is 0 Å². The predicted molar refractivity (Wildman–Crippen MR) is 66.6 cm³/mol. The first-order valence-corrected chi connectivity index (χ1v) is 6.37. The molecule has 1 fully saturated rings. The molecule has 2 rings (SSSR count). The molecule has 1 aromatic heterocycles. The molecule has 2 N–H and O–H groups in total. The molecular weight excluding hydrogens is 256 g/mol. The molecule has 1 heterocycles. The van der Waals surface area contributed by atoms with Gasteiger partial charge in [0.2, 0.25) is 0 Å². The lowest BCUT2D eigenvalue weighted by Gasteiger charge is -2.07. The van der Waals surface area contributed by atoms with E-state index in [2.05, 4.69) is 4.98 Å². The van der Waals surface area contributed by atoms with Gasteiger partial charge in [0.25, 0.3) is 0 Å². The van der Waals surface area contributed by atoms with Crippen LogP contribution < -0.4 is 5.73 Å². The largest absolute Gasteiger partial charge is 0.383 e. The van der Waals surface area contributed by atoms with Crippen molar-refractivity contribution in [3.05, 3.63) is 17.2 Å². The molecule has 0 saturated heterocycles. The topological polar surface area (TPSA) is 86.5 Å². The molecule has 0 spiro atoms. The molecule has 0 bridgehead atoms. The highest BCUT2D eigenvalue weighted by atomic mass is 35.5. The zero-order valence-electron chi connectivity index (χ0n) is 8.90. The summed E-state index contributed by atoms with van der Waals surface area (Å²) in [7, 11) is 0. The van der Waals surface area contributed by atoms with Crippen molar-refractivity contribution in [1.29, 1.82) is 10.5 Å². The van der Waals surface area contributed by atoms with Gasteiger partial charge in [0, 0.05) is 5.75 Å². The van der Waals surface area contributed by atoms with Crippen LogP contribution in [0.1, 0.15) is 24.0 Å². The van der Waals surface area contributed by atoms with Gasteiger partial charge in [-0.2, -0.15) is 10.5 Å². The van der Waals surface area contributed by atoms with Gasteiger partial charge in [0.15, 0.2) is 0 Å². The maximum Gasteiger partial charge on any atom is 0.142 e. The van der Waals surface area contributed by atoms with Crippen LogP contribution in [0.4, 0.5) is 5.82 Å². The molecule has 0 amide bonds. The van der Waals surface area contributed by atoms with Crippen molar-refractivity contribution >= 4 is 29.2 Å². The molecular formula is C11H9ClN4S. The van der Waals surface area contributed by atoms with Gasteiger partial charge in [-0.05, 0) is 18.9 Å². The first-order chi connectivity index (χ1) is 8.08. The van der Waals surface area contributed by atoms with Crippen molar-refractivity contribution in [3.8, 4) is 12.1 Å². The number of hydrogen-bond acceptors (Lipinski definition) is 5. The van der Waals surface area contributed by atoms with Crippen LogP contribution >= 0.6 is 23.4 Å². The van der Waals surface area contributed by atoms with Crippen molar-refractivity contribution in [2.75, 3.05) is 11.5 Å². The molecule has 0 aromatic carbocycles. The molecule has 6 heteroatoms. The second kappa shape index (κ2) is 4.44. The predicted octanol–water partition coefficient (Wildman–Crippen LogP) is 2.27. The van der Waals surface area contributed by atoms with Gasteiger partial charge in [0.1, 0.15) is 23.0 Å². The summed E-state index contributed by atoms with van der Waals surface area (Å²) in [4.78, 5) is 3.95. The third-order valence-corrected chi connectivity index (χ3v) is 4.47. The number of pyridine rings is 1. The molecule has 4 nitrogen and oxygen atoms in total. The van der Waals surface area contributed by atoms with Crippen LogP contribution in [0, 0.1) is 22.7 Å². The minimum absolute atomic E-state index is 0.137. The van der Waals surface area contributed by atoms with E-state index >= 15 is 0 Å². The minimum atomic E-state index is -0.137. The van der Waals surface area contributed by atoms with E-state index in [1.807, 2.05) is 12.1 Å². The lowest BCUT2D eigenvalue weighted by Crippen LogP contribution is -2.04. The standard InChI is InChI=1S/C11H9ClN4S/c12-11(1-2-11)6-17-10-8(5-14)3-7(4-13)9(15)16-10/h3H,1-2,6H2,(H2,15,16). The maximum absolute atomic E-state index is 8.99. The Bertz CT molecular complexity index is 540. The number of thioether (sulfide) groups is 1. The second-order valence-corrected chi connectivity index (χ2v) is 5.70. The van der Waals surface area contributed by atoms with Crippen molar-refractivity contribution < 1.29 is 0 Å². The first kappa shape index (κ1) is 12.0. The average Bonchev–Trinajstić information content (AvgIpc) is 3.05. The summed E-state index contributed by atoms with van der Waals surface area (Å²) in [6.45, 7) is 0. The van der Waals surface area contributed by atoms with Crippen LogP contribution in [0.5, 0.6) is 0 Å². The summed E-state index contributed by atoms with van der Waals surface area (Å²) in [6, 6.07) is 5.40. The fourth-order valence-corrected chi connectivity index (χ4v) is 2.63. The van der Waals surface area contributed by atoms with Crippen molar-refractivity contribution in [1.82, 2.24) is 4.98 Å². The fraction of sp³-hybridized carbons (Fsp3) is 0.364. The molecule has 1 aliphatic carbocycles. The summed E-state index contributed by atoms with van der Waals surface area (Å²) in [6.07, 6.45) is 1.99. The number of anilines is 1. The van der Waals surface area contributed by atoms with E-state index in [0.717, 1.165) is 12.8 Å². The Morgan fingerprint density at radius 3 is 2.59 bits per heavy atom. The number of nitrogens with two attached hydrogens (primary N) is 1. The molecule has 0 aliphatic heterocycles. The quantitative estimate of drug-likeness (QED) is 0.668. The minimum Gasteiger partial charge on any atom is -0.383 e. The number of alkyl halides is 1. The Kier molecular flexibility index (Phi) is 3.15. The molecule has 0 radical (unpaired) electrons. The lowest BCUT2D eigenvalue weighted by atomic mass is 10.2. The number of nitriles is 2. The van der Waals surface area contributed by atoms with E-state index in [-0.39, 0.29) is 16.3 Å².